The summed E-state index contributed by atoms with van der Waals surface area (Å²) in [4.78, 5) is 25.2. The fourth-order valence-electron chi connectivity index (χ4n) is 2.48. The van der Waals surface area contributed by atoms with E-state index in [1.165, 1.54) is 11.8 Å². The van der Waals surface area contributed by atoms with Gasteiger partial charge in [0, 0.05) is 24.5 Å². The Bertz CT molecular complexity index is 549. The number of β-amino-alcohol motifs (C(OH)–C–C–N with tert-alkyl or cyclic N) is 1. The van der Waals surface area contributed by atoms with Crippen molar-refractivity contribution in [1.82, 2.24) is 10.2 Å². The Morgan fingerprint density at radius 3 is 2.90 bits per heavy atom. The Labute approximate surface area is 132 Å². The zero-order chi connectivity index (χ0) is 15.5. The van der Waals surface area contributed by atoms with Crippen molar-refractivity contribution in [3.05, 3.63) is 34.3 Å². The average molecular weight is 355 g/mol. The molecule has 0 radical (unpaired) electrons. The molecule has 1 atom stereocenters. The van der Waals surface area contributed by atoms with Crippen molar-refractivity contribution in [2.45, 2.75) is 31.9 Å². The topological polar surface area (TPSA) is 69.6 Å². The van der Waals surface area contributed by atoms with Crippen LogP contribution in [0.4, 0.5) is 0 Å². The first-order valence-electron chi connectivity index (χ1n) is 6.91. The summed E-state index contributed by atoms with van der Waals surface area (Å²) in [5.41, 5.74) is -0.545. The van der Waals surface area contributed by atoms with Crippen molar-refractivity contribution >= 4 is 27.7 Å². The second-order valence-corrected chi connectivity index (χ2v) is 6.30. The average Bonchev–Trinajstić information content (AvgIpc) is 2.44. The number of rotatable bonds is 3. The molecule has 1 aromatic rings. The normalized spacial score (nSPS) is 22.0. The minimum atomic E-state index is -1.49. The van der Waals surface area contributed by atoms with Crippen molar-refractivity contribution in [3.8, 4) is 0 Å². The summed E-state index contributed by atoms with van der Waals surface area (Å²) in [6.45, 7) is 2.45. The maximum Gasteiger partial charge on any atom is 0.254 e. The summed E-state index contributed by atoms with van der Waals surface area (Å²) >= 11 is 3.37. The number of nitrogens with zero attached hydrogens (tertiary/aromatic N) is 1. The van der Waals surface area contributed by atoms with E-state index in [2.05, 4.69) is 21.2 Å². The number of carbonyl (C=O) groups excluding carboxylic acids is 2. The lowest BCUT2D eigenvalue weighted by Gasteiger charge is -2.37. The lowest BCUT2D eigenvalue weighted by atomic mass is 9.91. The molecule has 2 amide bonds. The third-order valence-electron chi connectivity index (χ3n) is 3.68. The SMILES string of the molecule is CC(=O)N1CCC[C@](O)(C(=O)NCc2cccc(Br)c2)C1. The molecule has 2 N–H and O–H groups in total. The smallest absolute Gasteiger partial charge is 0.254 e. The quantitative estimate of drug-likeness (QED) is 0.862. The van der Waals surface area contributed by atoms with E-state index in [0.29, 0.717) is 25.9 Å². The number of piperidine rings is 1. The van der Waals surface area contributed by atoms with Crippen LogP contribution in [0.25, 0.3) is 0 Å². The zero-order valence-electron chi connectivity index (χ0n) is 11.9. The van der Waals surface area contributed by atoms with Crippen LogP contribution in [0.1, 0.15) is 25.3 Å². The highest BCUT2D eigenvalue weighted by Crippen LogP contribution is 2.22. The number of nitrogens with one attached hydrogen (secondary N) is 1. The van der Waals surface area contributed by atoms with Gasteiger partial charge < -0.3 is 15.3 Å². The summed E-state index contributed by atoms with van der Waals surface area (Å²) in [6.07, 6.45) is 1.00. The monoisotopic (exact) mass is 354 g/mol. The molecule has 0 aliphatic carbocycles. The molecular formula is C15H19BrN2O3. The highest BCUT2D eigenvalue weighted by Gasteiger charge is 2.40. The fraction of sp³-hybridized carbons (Fsp3) is 0.467. The number of hydrogen-bond donors (Lipinski definition) is 2. The number of halogens is 1. The number of likely N-dealkylation sites (tertiary alicyclic amines) is 1. The second-order valence-electron chi connectivity index (χ2n) is 5.39. The maximum absolute atomic E-state index is 12.2. The van der Waals surface area contributed by atoms with Gasteiger partial charge in [-0.15, -0.1) is 0 Å². The van der Waals surface area contributed by atoms with E-state index in [-0.39, 0.29) is 12.5 Å². The first-order valence-corrected chi connectivity index (χ1v) is 7.71. The van der Waals surface area contributed by atoms with Crippen LogP contribution in [0.2, 0.25) is 0 Å². The molecule has 1 aromatic carbocycles. The summed E-state index contributed by atoms with van der Waals surface area (Å²) in [5.74, 6) is -0.540. The van der Waals surface area contributed by atoms with Crippen LogP contribution in [-0.4, -0.2) is 40.5 Å². The Hall–Kier alpha value is -1.40. The van der Waals surface area contributed by atoms with Gasteiger partial charge in [-0.05, 0) is 30.5 Å². The van der Waals surface area contributed by atoms with Gasteiger partial charge in [0.15, 0.2) is 5.60 Å². The van der Waals surface area contributed by atoms with Crippen LogP contribution in [0.5, 0.6) is 0 Å². The molecule has 114 valence electrons. The van der Waals surface area contributed by atoms with E-state index in [9.17, 15) is 14.7 Å². The molecule has 0 saturated carbocycles. The third kappa shape index (κ3) is 4.04. The fourth-order valence-corrected chi connectivity index (χ4v) is 2.93. The Morgan fingerprint density at radius 2 is 2.24 bits per heavy atom. The lowest BCUT2D eigenvalue weighted by molar-refractivity contribution is -0.150. The standard InChI is InChI=1S/C15H19BrN2O3/c1-11(19)18-7-3-6-15(21,10-18)14(20)17-9-12-4-2-5-13(16)8-12/h2,4-5,8,21H,3,6-7,9-10H2,1H3,(H,17,20)/t15-/m1/s1. The Kier molecular flexibility index (Phi) is 5.00. The van der Waals surface area contributed by atoms with Crippen LogP contribution >= 0.6 is 15.9 Å². The predicted molar refractivity (Wildman–Crippen MR) is 82.4 cm³/mol. The number of amides is 2. The van der Waals surface area contributed by atoms with Crippen molar-refractivity contribution < 1.29 is 14.7 Å². The number of benzene rings is 1. The number of aliphatic hydroxyl groups is 1. The Morgan fingerprint density at radius 1 is 1.48 bits per heavy atom. The van der Waals surface area contributed by atoms with Crippen LogP contribution in [0.3, 0.4) is 0 Å². The maximum atomic E-state index is 12.2. The Balaban J connectivity index is 1.97. The van der Waals surface area contributed by atoms with E-state index in [1.54, 1.807) is 0 Å². The van der Waals surface area contributed by atoms with Crippen molar-refractivity contribution in [2.24, 2.45) is 0 Å². The van der Waals surface area contributed by atoms with E-state index in [0.717, 1.165) is 10.0 Å². The minimum Gasteiger partial charge on any atom is -0.378 e. The third-order valence-corrected chi connectivity index (χ3v) is 4.17. The van der Waals surface area contributed by atoms with Gasteiger partial charge >= 0.3 is 0 Å². The molecule has 1 aliphatic rings. The molecule has 1 saturated heterocycles. The molecule has 0 spiro atoms. The van der Waals surface area contributed by atoms with Gasteiger partial charge in [-0.1, -0.05) is 28.1 Å². The van der Waals surface area contributed by atoms with Gasteiger partial charge in [0.2, 0.25) is 5.91 Å². The second kappa shape index (κ2) is 6.58. The van der Waals surface area contributed by atoms with E-state index in [4.69, 9.17) is 0 Å². The molecule has 0 bridgehead atoms. The van der Waals surface area contributed by atoms with Gasteiger partial charge in [0.05, 0.1) is 6.54 Å². The molecule has 21 heavy (non-hydrogen) atoms. The van der Waals surface area contributed by atoms with Gasteiger partial charge in [0.1, 0.15) is 0 Å². The molecule has 6 heteroatoms. The lowest BCUT2D eigenvalue weighted by Crippen LogP contribution is -2.57. The van der Waals surface area contributed by atoms with Gasteiger partial charge in [-0.2, -0.15) is 0 Å². The van der Waals surface area contributed by atoms with E-state index in [1.807, 2.05) is 24.3 Å². The summed E-state index contributed by atoms with van der Waals surface area (Å²) < 4.78 is 0.938. The number of hydrogen-bond acceptors (Lipinski definition) is 3. The first-order chi connectivity index (χ1) is 9.90. The summed E-state index contributed by atoms with van der Waals surface area (Å²) in [5, 5.41) is 13.2. The molecule has 0 aromatic heterocycles. The molecular weight excluding hydrogens is 336 g/mol. The van der Waals surface area contributed by atoms with Crippen LogP contribution in [0.15, 0.2) is 28.7 Å². The minimum absolute atomic E-state index is 0.0622. The van der Waals surface area contributed by atoms with Gasteiger partial charge in [0.25, 0.3) is 5.91 Å². The molecule has 1 fully saturated rings. The van der Waals surface area contributed by atoms with Crippen molar-refractivity contribution in [3.63, 3.8) is 0 Å². The van der Waals surface area contributed by atoms with E-state index >= 15 is 0 Å². The first kappa shape index (κ1) is 16.0. The summed E-state index contributed by atoms with van der Waals surface area (Å²) in [7, 11) is 0. The molecule has 1 heterocycles. The van der Waals surface area contributed by atoms with Crippen molar-refractivity contribution in [1.29, 1.82) is 0 Å². The highest BCUT2D eigenvalue weighted by atomic mass is 79.9. The molecule has 2 rings (SSSR count). The molecule has 1 aliphatic heterocycles. The largest absolute Gasteiger partial charge is 0.378 e. The highest BCUT2D eigenvalue weighted by molar-refractivity contribution is 9.10. The predicted octanol–water partition coefficient (Wildman–Crippen LogP) is 1.44. The van der Waals surface area contributed by atoms with Crippen molar-refractivity contribution in [2.75, 3.05) is 13.1 Å². The van der Waals surface area contributed by atoms with Crippen LogP contribution in [0, 0.1) is 0 Å². The van der Waals surface area contributed by atoms with Gasteiger partial charge in [-0.25, -0.2) is 0 Å². The van der Waals surface area contributed by atoms with Gasteiger partial charge in [-0.3, -0.25) is 9.59 Å². The number of carbonyl (C=O) groups is 2. The zero-order valence-corrected chi connectivity index (χ0v) is 13.5. The molecule has 5 nitrogen and oxygen atoms in total. The molecule has 0 unspecified atom stereocenters. The van der Waals surface area contributed by atoms with E-state index < -0.39 is 11.5 Å². The van der Waals surface area contributed by atoms with Crippen LogP contribution in [-0.2, 0) is 16.1 Å². The summed E-state index contributed by atoms with van der Waals surface area (Å²) in [6, 6.07) is 7.61. The van der Waals surface area contributed by atoms with Crippen LogP contribution < -0.4 is 5.32 Å².